The zero-order chi connectivity index (χ0) is 14.2. The fourth-order valence-electron chi connectivity index (χ4n) is 2.82. The highest BCUT2D eigenvalue weighted by Gasteiger charge is 2.31. The maximum atomic E-state index is 9.44. The van der Waals surface area contributed by atoms with Gasteiger partial charge in [-0.05, 0) is 26.0 Å². The second-order valence-corrected chi connectivity index (χ2v) is 5.82. The lowest BCUT2D eigenvalue weighted by Gasteiger charge is -2.44. The molecule has 2 aromatic rings. The average molecular weight is 272 g/mol. The van der Waals surface area contributed by atoms with E-state index in [1.807, 2.05) is 24.3 Å². The minimum absolute atomic E-state index is 0.0391. The minimum atomic E-state index is -0.0604. The summed E-state index contributed by atoms with van der Waals surface area (Å²) in [5.41, 5.74) is 2.71. The van der Waals surface area contributed by atoms with Crippen molar-refractivity contribution < 1.29 is 9.84 Å². The summed E-state index contributed by atoms with van der Waals surface area (Å²) in [6, 6.07) is 10.1. The molecule has 0 bridgehead atoms. The first-order valence-electron chi connectivity index (χ1n) is 6.97. The van der Waals surface area contributed by atoms with E-state index in [1.54, 1.807) is 0 Å². The van der Waals surface area contributed by atoms with Crippen molar-refractivity contribution in [3.63, 3.8) is 0 Å². The van der Waals surface area contributed by atoms with Gasteiger partial charge >= 0.3 is 0 Å². The summed E-state index contributed by atoms with van der Waals surface area (Å²) in [5.74, 6) is 0. The van der Waals surface area contributed by atoms with Crippen LogP contribution >= 0.6 is 0 Å². The van der Waals surface area contributed by atoms with Gasteiger partial charge in [0.05, 0.1) is 36.6 Å². The van der Waals surface area contributed by atoms with Crippen LogP contribution in [-0.4, -0.2) is 35.4 Å². The number of benzene rings is 1. The molecule has 1 aliphatic rings. The number of fused-ring (bicyclic) bond motifs is 1. The summed E-state index contributed by atoms with van der Waals surface area (Å²) in [4.78, 5) is 6.85. The Hall–Kier alpha value is -1.65. The highest BCUT2D eigenvalue weighted by molar-refractivity contribution is 5.92. The number of morpholine rings is 1. The number of hydrogen-bond acceptors (Lipinski definition) is 4. The van der Waals surface area contributed by atoms with E-state index < -0.39 is 0 Å². The van der Waals surface area contributed by atoms with E-state index in [2.05, 4.69) is 29.8 Å². The van der Waals surface area contributed by atoms with Crippen LogP contribution < -0.4 is 4.90 Å². The standard InChI is InChI=1S/C16H20N2O2/c1-16(2)11-20-8-7-18(16)15-9-12(10-19)17-14-6-4-3-5-13(14)15/h3-6,9,19H,7-8,10-11H2,1-2H3. The van der Waals surface area contributed by atoms with Gasteiger partial charge < -0.3 is 14.7 Å². The van der Waals surface area contributed by atoms with E-state index in [-0.39, 0.29) is 12.1 Å². The first kappa shape index (κ1) is 13.3. The quantitative estimate of drug-likeness (QED) is 0.911. The third kappa shape index (κ3) is 2.25. The van der Waals surface area contributed by atoms with Crippen molar-refractivity contribution in [3.05, 3.63) is 36.0 Å². The Morgan fingerprint density at radius 1 is 1.35 bits per heavy atom. The fourth-order valence-corrected chi connectivity index (χ4v) is 2.82. The first-order valence-corrected chi connectivity index (χ1v) is 6.97. The van der Waals surface area contributed by atoms with Gasteiger partial charge in [-0.1, -0.05) is 18.2 Å². The lowest BCUT2D eigenvalue weighted by molar-refractivity contribution is 0.0645. The zero-order valence-electron chi connectivity index (χ0n) is 12.0. The van der Waals surface area contributed by atoms with Gasteiger partial charge in [0.15, 0.2) is 0 Å². The SMILES string of the molecule is CC1(C)COCCN1c1cc(CO)nc2ccccc12. The van der Waals surface area contributed by atoms with Crippen LogP contribution in [0.5, 0.6) is 0 Å². The summed E-state index contributed by atoms with van der Waals surface area (Å²) < 4.78 is 5.60. The number of pyridine rings is 1. The van der Waals surface area contributed by atoms with Crippen LogP contribution in [0.15, 0.2) is 30.3 Å². The Kier molecular flexibility index (Phi) is 3.36. The highest BCUT2D eigenvalue weighted by Crippen LogP contribution is 2.33. The molecule has 106 valence electrons. The average Bonchev–Trinajstić information content (AvgIpc) is 2.46. The monoisotopic (exact) mass is 272 g/mol. The highest BCUT2D eigenvalue weighted by atomic mass is 16.5. The van der Waals surface area contributed by atoms with Gasteiger partial charge in [0.2, 0.25) is 0 Å². The molecular weight excluding hydrogens is 252 g/mol. The Morgan fingerprint density at radius 3 is 2.90 bits per heavy atom. The number of anilines is 1. The number of aliphatic hydroxyl groups is 1. The maximum Gasteiger partial charge on any atom is 0.0854 e. The number of para-hydroxylation sites is 1. The molecule has 0 unspecified atom stereocenters. The second-order valence-electron chi connectivity index (χ2n) is 5.82. The number of hydrogen-bond donors (Lipinski definition) is 1. The van der Waals surface area contributed by atoms with Crippen LogP contribution in [-0.2, 0) is 11.3 Å². The largest absolute Gasteiger partial charge is 0.390 e. The third-order valence-electron chi connectivity index (χ3n) is 3.85. The molecule has 3 rings (SSSR count). The molecule has 1 aliphatic heterocycles. The van der Waals surface area contributed by atoms with Gasteiger partial charge in [0, 0.05) is 17.6 Å². The number of ether oxygens (including phenoxy) is 1. The number of aliphatic hydroxyl groups excluding tert-OH is 1. The van der Waals surface area contributed by atoms with E-state index in [9.17, 15) is 5.11 Å². The normalized spacial score (nSPS) is 18.4. The molecule has 0 amide bonds. The van der Waals surface area contributed by atoms with Crippen LogP contribution in [0.3, 0.4) is 0 Å². The molecule has 0 atom stereocenters. The van der Waals surface area contributed by atoms with Gasteiger partial charge in [-0.25, -0.2) is 0 Å². The van der Waals surface area contributed by atoms with Gasteiger partial charge in [-0.2, -0.15) is 0 Å². The van der Waals surface area contributed by atoms with Gasteiger partial charge in [-0.15, -0.1) is 0 Å². The molecule has 4 heteroatoms. The van der Waals surface area contributed by atoms with E-state index in [1.165, 1.54) is 0 Å². The molecule has 1 fully saturated rings. The Labute approximate surface area is 119 Å². The Morgan fingerprint density at radius 2 is 2.15 bits per heavy atom. The lowest BCUT2D eigenvalue weighted by Crippen LogP contribution is -2.53. The second kappa shape index (κ2) is 5.04. The lowest BCUT2D eigenvalue weighted by atomic mass is 10.00. The van der Waals surface area contributed by atoms with Crippen LogP contribution in [0.25, 0.3) is 10.9 Å². The molecule has 2 heterocycles. The van der Waals surface area contributed by atoms with Gasteiger partial charge in [0.1, 0.15) is 0 Å². The van der Waals surface area contributed by atoms with Crippen molar-refractivity contribution in [1.29, 1.82) is 0 Å². The van der Waals surface area contributed by atoms with Crippen LogP contribution in [0.1, 0.15) is 19.5 Å². The van der Waals surface area contributed by atoms with Crippen molar-refractivity contribution in [2.24, 2.45) is 0 Å². The smallest absolute Gasteiger partial charge is 0.0854 e. The van der Waals surface area contributed by atoms with Crippen LogP contribution in [0.4, 0.5) is 5.69 Å². The van der Waals surface area contributed by atoms with Crippen molar-refractivity contribution in [2.75, 3.05) is 24.7 Å². The summed E-state index contributed by atoms with van der Waals surface area (Å²) in [6.07, 6.45) is 0. The van der Waals surface area contributed by atoms with Crippen molar-refractivity contribution in [3.8, 4) is 0 Å². The summed E-state index contributed by atoms with van der Waals surface area (Å²) in [5, 5.41) is 10.6. The summed E-state index contributed by atoms with van der Waals surface area (Å²) in [6.45, 7) is 6.61. The van der Waals surface area contributed by atoms with Crippen molar-refractivity contribution >= 4 is 16.6 Å². The first-order chi connectivity index (χ1) is 9.62. The molecule has 0 aliphatic carbocycles. The summed E-state index contributed by atoms with van der Waals surface area (Å²) >= 11 is 0. The van der Waals surface area contributed by atoms with E-state index in [4.69, 9.17) is 4.74 Å². The predicted octanol–water partition coefficient (Wildman–Crippen LogP) is 2.34. The molecule has 1 N–H and O–H groups in total. The summed E-state index contributed by atoms with van der Waals surface area (Å²) in [7, 11) is 0. The number of nitrogens with zero attached hydrogens (tertiary/aromatic N) is 2. The molecular formula is C16H20N2O2. The molecule has 1 saturated heterocycles. The van der Waals surface area contributed by atoms with Crippen molar-refractivity contribution in [2.45, 2.75) is 26.0 Å². The fraction of sp³-hybridized carbons (Fsp3) is 0.438. The van der Waals surface area contributed by atoms with Crippen molar-refractivity contribution in [1.82, 2.24) is 4.98 Å². The van der Waals surface area contributed by atoms with Crippen LogP contribution in [0, 0.1) is 0 Å². The van der Waals surface area contributed by atoms with Crippen LogP contribution in [0.2, 0.25) is 0 Å². The number of rotatable bonds is 2. The Balaban J connectivity index is 2.18. The molecule has 0 saturated carbocycles. The Bertz CT molecular complexity index is 625. The molecule has 0 spiro atoms. The molecule has 4 nitrogen and oxygen atoms in total. The molecule has 1 aromatic carbocycles. The van der Waals surface area contributed by atoms with E-state index in [0.717, 1.165) is 29.7 Å². The predicted molar refractivity (Wildman–Crippen MR) is 79.9 cm³/mol. The maximum absolute atomic E-state index is 9.44. The van der Waals surface area contributed by atoms with Gasteiger partial charge in [0.25, 0.3) is 0 Å². The minimum Gasteiger partial charge on any atom is -0.390 e. The molecule has 0 radical (unpaired) electrons. The molecule has 1 aromatic heterocycles. The van der Waals surface area contributed by atoms with E-state index >= 15 is 0 Å². The topological polar surface area (TPSA) is 45.6 Å². The molecule has 20 heavy (non-hydrogen) atoms. The number of aromatic nitrogens is 1. The van der Waals surface area contributed by atoms with E-state index in [0.29, 0.717) is 12.3 Å². The third-order valence-corrected chi connectivity index (χ3v) is 3.85. The zero-order valence-corrected chi connectivity index (χ0v) is 12.0. The van der Waals surface area contributed by atoms with Gasteiger partial charge in [-0.3, -0.25) is 4.98 Å².